The number of unbranched alkanes of at least 4 members (excludes halogenated alkanes) is 6. The highest BCUT2D eigenvalue weighted by Gasteiger charge is 2.21. The van der Waals surface area contributed by atoms with Crippen molar-refractivity contribution in [3.8, 4) is 5.69 Å². The van der Waals surface area contributed by atoms with Crippen molar-refractivity contribution in [2.75, 3.05) is 14.7 Å². The number of fused-ring (bicyclic) bond motifs is 3. The largest absolute Gasteiger partial charge is 0.311 e. The summed E-state index contributed by atoms with van der Waals surface area (Å²) in [6.45, 7) is 22.2. The third kappa shape index (κ3) is 14.2. The van der Waals surface area contributed by atoms with Crippen LogP contribution in [0.5, 0.6) is 0 Å². The van der Waals surface area contributed by atoms with Crippen molar-refractivity contribution in [3.05, 3.63) is 274 Å². The monoisotopic (exact) mass is 1130 g/mol. The molecule has 0 aliphatic heterocycles. The number of anilines is 9. The highest BCUT2D eigenvalue weighted by molar-refractivity contribution is 6.11. The summed E-state index contributed by atoms with van der Waals surface area (Å²) in [5.74, 6) is 0. The van der Waals surface area contributed by atoms with Crippen LogP contribution in [0.4, 0.5) is 51.2 Å². The standard InChI is InChI=1S/C47H56N2.C34H32N2.CH4/c1-7-10-12-14-16-38-31-41(25-20-35(38)5)48(42-26-21-36(6)39(32-42)17-15-13-11-8-2)43-27-29-47-45(33-43)44-30-37(9-3)22-28-46(44)49(47)40-23-18-34(4)19-24-40;1-25-15-17-33(23-27(25)3)36(34-18-16-26(2)28(4)24-34)32-21-19-31(20-22-32)35(29-11-7-5-8-12-29)30-13-9-6-10-14-30;/h18-33H,7-17H2,1-6H3;5-24H,1-4H3;1H4. The molecule has 11 rings (SSSR count). The molecule has 0 fully saturated rings. The Kier molecular flexibility index (Phi) is 20.9. The third-order valence-electron chi connectivity index (χ3n) is 17.4. The molecule has 0 spiro atoms. The van der Waals surface area contributed by atoms with Gasteiger partial charge in [0.2, 0.25) is 0 Å². The van der Waals surface area contributed by atoms with Gasteiger partial charge in [-0.3, -0.25) is 0 Å². The van der Waals surface area contributed by atoms with Crippen LogP contribution >= 0.6 is 0 Å². The molecule has 0 atom stereocenters. The molecule has 0 unspecified atom stereocenters. The quantitative estimate of drug-likeness (QED) is 0.0667. The molecule has 0 radical (unpaired) electrons. The molecule has 4 nitrogen and oxygen atoms in total. The van der Waals surface area contributed by atoms with Crippen LogP contribution < -0.4 is 14.7 Å². The summed E-state index contributed by atoms with van der Waals surface area (Å²) in [6, 6.07) is 80.7. The Morgan fingerprint density at radius 1 is 0.302 bits per heavy atom. The first-order chi connectivity index (χ1) is 41.4. The summed E-state index contributed by atoms with van der Waals surface area (Å²) in [7, 11) is 0. The molecule has 4 heteroatoms. The van der Waals surface area contributed by atoms with Gasteiger partial charge in [0.05, 0.1) is 11.0 Å². The molecule has 0 bridgehead atoms. The second-order valence-electron chi connectivity index (χ2n) is 23.7. The fourth-order valence-corrected chi connectivity index (χ4v) is 12.0. The lowest BCUT2D eigenvalue weighted by Gasteiger charge is -2.29. The van der Waals surface area contributed by atoms with E-state index in [1.54, 1.807) is 0 Å². The first kappa shape index (κ1) is 61.9. The van der Waals surface area contributed by atoms with E-state index in [0.717, 1.165) is 53.4 Å². The zero-order valence-electron chi connectivity index (χ0n) is 52.4. The van der Waals surface area contributed by atoms with Crippen molar-refractivity contribution in [1.29, 1.82) is 0 Å². The molecule has 0 saturated carbocycles. The Morgan fingerprint density at radius 2 is 0.674 bits per heavy atom. The van der Waals surface area contributed by atoms with Gasteiger partial charge in [-0.2, -0.15) is 0 Å². The van der Waals surface area contributed by atoms with Gasteiger partial charge in [0, 0.05) is 67.6 Å². The summed E-state index contributed by atoms with van der Waals surface area (Å²) in [6.07, 6.45) is 13.5. The smallest absolute Gasteiger partial charge is 0.0542 e. The summed E-state index contributed by atoms with van der Waals surface area (Å²) in [5, 5.41) is 2.62. The second kappa shape index (κ2) is 29.0. The van der Waals surface area contributed by atoms with E-state index in [1.165, 1.54) is 152 Å². The number of aromatic nitrogens is 1. The lowest BCUT2D eigenvalue weighted by molar-refractivity contribution is 0.665. The van der Waals surface area contributed by atoms with Gasteiger partial charge < -0.3 is 19.3 Å². The van der Waals surface area contributed by atoms with E-state index < -0.39 is 0 Å². The maximum atomic E-state index is 2.52. The number of nitrogens with zero attached hydrogens (tertiary/aromatic N) is 4. The molecule has 0 amide bonds. The molecule has 0 N–H and O–H groups in total. The van der Waals surface area contributed by atoms with E-state index in [9.17, 15) is 0 Å². The first-order valence-electron chi connectivity index (χ1n) is 31.5. The highest BCUT2D eigenvalue weighted by atomic mass is 15.2. The number of benzene rings is 10. The Balaban J connectivity index is 0.000000212. The fraction of sp³-hybridized carbons (Fsp3) is 0.268. The van der Waals surface area contributed by atoms with Gasteiger partial charge in [0.25, 0.3) is 0 Å². The summed E-state index contributed by atoms with van der Waals surface area (Å²) in [5.41, 5.74) is 27.8. The van der Waals surface area contributed by atoms with E-state index in [0.29, 0.717) is 0 Å². The Bertz CT molecular complexity index is 3830. The topological polar surface area (TPSA) is 14.7 Å². The fourth-order valence-electron chi connectivity index (χ4n) is 12.0. The highest BCUT2D eigenvalue weighted by Crippen LogP contribution is 2.43. The van der Waals surface area contributed by atoms with E-state index in [2.05, 4.69) is 307 Å². The minimum atomic E-state index is 0. The predicted molar refractivity (Wildman–Crippen MR) is 376 cm³/mol. The van der Waals surface area contributed by atoms with Crippen LogP contribution in [0.15, 0.2) is 218 Å². The van der Waals surface area contributed by atoms with Gasteiger partial charge in [-0.05, 0) is 270 Å². The summed E-state index contributed by atoms with van der Waals surface area (Å²) in [4.78, 5) is 7.15. The molecule has 86 heavy (non-hydrogen) atoms. The van der Waals surface area contributed by atoms with Crippen molar-refractivity contribution in [3.63, 3.8) is 0 Å². The van der Waals surface area contributed by atoms with Gasteiger partial charge in [-0.15, -0.1) is 0 Å². The average molecular weight is 1130 g/mol. The maximum absolute atomic E-state index is 2.52. The maximum Gasteiger partial charge on any atom is 0.0542 e. The van der Waals surface area contributed by atoms with Crippen molar-refractivity contribution >= 4 is 73.0 Å². The zero-order valence-corrected chi connectivity index (χ0v) is 52.4. The van der Waals surface area contributed by atoms with Crippen LogP contribution in [0, 0.1) is 48.5 Å². The Morgan fingerprint density at radius 3 is 1.13 bits per heavy atom. The molecule has 1 aromatic heterocycles. The molecule has 0 aliphatic rings. The van der Waals surface area contributed by atoms with Crippen molar-refractivity contribution in [1.82, 2.24) is 4.57 Å². The second-order valence-corrected chi connectivity index (χ2v) is 23.7. The predicted octanol–water partition coefficient (Wildman–Crippen LogP) is 24.5. The minimum absolute atomic E-state index is 0. The van der Waals surface area contributed by atoms with E-state index in [4.69, 9.17) is 0 Å². The number of para-hydroxylation sites is 2. The minimum Gasteiger partial charge on any atom is -0.311 e. The average Bonchev–Trinajstić information content (AvgIpc) is 1.79. The zero-order chi connectivity index (χ0) is 59.4. The molecule has 0 aliphatic carbocycles. The van der Waals surface area contributed by atoms with Crippen LogP contribution in [0.3, 0.4) is 0 Å². The first-order valence-corrected chi connectivity index (χ1v) is 31.5. The normalized spacial score (nSPS) is 11.1. The summed E-state index contributed by atoms with van der Waals surface area (Å²) >= 11 is 0. The molecule has 10 aromatic carbocycles. The lowest BCUT2D eigenvalue weighted by atomic mass is 9.98. The number of hydrogen-bond acceptors (Lipinski definition) is 3. The lowest BCUT2D eigenvalue weighted by Crippen LogP contribution is -2.12. The van der Waals surface area contributed by atoms with E-state index in [1.807, 2.05) is 0 Å². The molecular weight excluding hydrogens is 1040 g/mol. The molecule has 11 aromatic rings. The molecular formula is C82H92N4. The number of aryl methyl sites for hydroxylation is 10. The van der Waals surface area contributed by atoms with Gasteiger partial charge in [-0.25, -0.2) is 0 Å². The molecule has 0 saturated heterocycles. The SMILES string of the molecule is C.CCCCCCc1cc(N(c2ccc(C)c(CCCCCC)c2)c2ccc3c(c2)c2cc(CC)ccc2n3-c2ccc(C)cc2)ccc1C.Cc1ccc(N(c2ccc(N(c3ccccc3)c3ccccc3)cc2)c2ccc(C)c(C)c2)cc1C. The van der Waals surface area contributed by atoms with Crippen LogP contribution in [0.1, 0.15) is 135 Å². The number of rotatable bonds is 21. The number of hydrogen-bond donors (Lipinski definition) is 0. The van der Waals surface area contributed by atoms with Gasteiger partial charge in [-0.1, -0.05) is 151 Å². The van der Waals surface area contributed by atoms with Gasteiger partial charge >= 0.3 is 0 Å². The molecule has 440 valence electrons. The van der Waals surface area contributed by atoms with Crippen LogP contribution in [0.25, 0.3) is 27.5 Å². The summed E-state index contributed by atoms with van der Waals surface area (Å²) < 4.78 is 2.44. The molecule has 1 heterocycles. The van der Waals surface area contributed by atoms with Crippen molar-refractivity contribution < 1.29 is 0 Å². The Hall–Kier alpha value is -8.60. The van der Waals surface area contributed by atoms with E-state index >= 15 is 0 Å². The van der Waals surface area contributed by atoms with Crippen LogP contribution in [-0.2, 0) is 19.3 Å². The van der Waals surface area contributed by atoms with Crippen LogP contribution in [0.2, 0.25) is 0 Å². The van der Waals surface area contributed by atoms with Gasteiger partial charge in [0.1, 0.15) is 0 Å². The Labute approximate surface area is 516 Å². The van der Waals surface area contributed by atoms with Gasteiger partial charge in [0.15, 0.2) is 0 Å². The third-order valence-corrected chi connectivity index (χ3v) is 17.4. The van der Waals surface area contributed by atoms with E-state index in [-0.39, 0.29) is 7.43 Å². The van der Waals surface area contributed by atoms with Crippen LogP contribution in [-0.4, -0.2) is 4.57 Å². The van der Waals surface area contributed by atoms with Crippen molar-refractivity contribution in [2.45, 2.75) is 147 Å². The van der Waals surface area contributed by atoms with Crippen molar-refractivity contribution in [2.24, 2.45) is 0 Å².